The van der Waals surface area contributed by atoms with Gasteiger partial charge in [-0.05, 0) is 49.2 Å². The Morgan fingerprint density at radius 3 is 2.15 bits per heavy atom. The lowest BCUT2D eigenvalue weighted by molar-refractivity contribution is -0.395. The van der Waals surface area contributed by atoms with Gasteiger partial charge in [0.15, 0.2) is 0 Å². The third-order valence-corrected chi connectivity index (χ3v) is 5.42. The molecule has 10 nitrogen and oxygen atoms in total. The van der Waals surface area contributed by atoms with Crippen LogP contribution >= 0.6 is 0 Å². The van der Waals surface area contributed by atoms with Crippen LogP contribution in [0.15, 0.2) is 69.9 Å². The molecule has 10 heteroatoms. The van der Waals surface area contributed by atoms with Crippen LogP contribution in [0.4, 0.5) is 17.1 Å². The molecule has 0 atom stereocenters. The first kappa shape index (κ1) is 22.3. The van der Waals surface area contributed by atoms with Crippen LogP contribution < -0.4 is 10.9 Å². The van der Waals surface area contributed by atoms with E-state index < -0.39 is 32.8 Å². The predicted octanol–water partition coefficient (Wildman–Crippen LogP) is 5.15. The zero-order valence-corrected chi connectivity index (χ0v) is 18.0. The largest absolute Gasteiger partial charge is 0.422 e. The second kappa shape index (κ2) is 8.58. The number of hydrogen-bond donors (Lipinski definition) is 1. The van der Waals surface area contributed by atoms with E-state index in [1.54, 1.807) is 43.3 Å². The van der Waals surface area contributed by atoms with Crippen molar-refractivity contribution < 1.29 is 19.1 Å². The Hall–Kier alpha value is -4.86. The summed E-state index contributed by atoms with van der Waals surface area (Å²) < 4.78 is 5.39. The first-order valence-corrected chi connectivity index (χ1v) is 10.0. The Kier molecular flexibility index (Phi) is 5.64. The molecular formula is C24H17N3O7. The van der Waals surface area contributed by atoms with Crippen LogP contribution in [0.3, 0.4) is 0 Å². The van der Waals surface area contributed by atoms with E-state index >= 15 is 0 Å². The quantitative estimate of drug-likeness (QED) is 0.247. The van der Waals surface area contributed by atoms with Crippen molar-refractivity contribution in [2.75, 3.05) is 5.32 Å². The second-order valence-electron chi connectivity index (χ2n) is 7.62. The standard InChI is InChI=1S/C24H17N3O7/c1-13-9-17(7-8-18(13)19-10-15-5-3-4-6-22(15)34-24(19)29)25-23(28)16-11-20(26(30)31)14(2)21(12-16)27(32)33/h3-12H,1-2H3,(H,25,28). The maximum absolute atomic E-state index is 12.7. The summed E-state index contributed by atoms with van der Waals surface area (Å²) in [6.45, 7) is 3.00. The second-order valence-corrected chi connectivity index (χ2v) is 7.62. The average molecular weight is 459 g/mol. The maximum atomic E-state index is 12.7. The van der Waals surface area contributed by atoms with E-state index in [4.69, 9.17) is 4.42 Å². The Labute approximate surface area is 191 Å². The Morgan fingerprint density at radius 2 is 1.53 bits per heavy atom. The lowest BCUT2D eigenvalue weighted by Gasteiger charge is -2.10. The van der Waals surface area contributed by atoms with E-state index in [2.05, 4.69) is 5.32 Å². The molecule has 0 bridgehead atoms. The number of nitro benzene ring substituents is 2. The van der Waals surface area contributed by atoms with Crippen LogP contribution in [0.2, 0.25) is 0 Å². The monoisotopic (exact) mass is 459 g/mol. The molecule has 170 valence electrons. The highest BCUT2D eigenvalue weighted by atomic mass is 16.6. The fourth-order valence-corrected chi connectivity index (χ4v) is 3.69. The number of benzene rings is 3. The molecular weight excluding hydrogens is 442 g/mol. The summed E-state index contributed by atoms with van der Waals surface area (Å²) in [4.78, 5) is 46.2. The fraction of sp³-hybridized carbons (Fsp3) is 0.0833. The van der Waals surface area contributed by atoms with Crippen molar-refractivity contribution in [3.63, 3.8) is 0 Å². The van der Waals surface area contributed by atoms with Crippen LogP contribution in [0.1, 0.15) is 21.5 Å². The third-order valence-electron chi connectivity index (χ3n) is 5.42. The van der Waals surface area contributed by atoms with Crippen molar-refractivity contribution in [1.29, 1.82) is 0 Å². The van der Waals surface area contributed by atoms with Crippen LogP contribution in [0.25, 0.3) is 22.1 Å². The van der Waals surface area contributed by atoms with Crippen molar-refractivity contribution in [3.05, 3.63) is 108 Å². The normalized spacial score (nSPS) is 10.8. The van der Waals surface area contributed by atoms with Crippen LogP contribution in [-0.4, -0.2) is 15.8 Å². The predicted molar refractivity (Wildman–Crippen MR) is 125 cm³/mol. The van der Waals surface area contributed by atoms with E-state index in [0.717, 1.165) is 17.5 Å². The summed E-state index contributed by atoms with van der Waals surface area (Å²) >= 11 is 0. The van der Waals surface area contributed by atoms with Crippen molar-refractivity contribution in [3.8, 4) is 11.1 Å². The highest BCUT2D eigenvalue weighted by molar-refractivity contribution is 6.05. The zero-order chi connectivity index (χ0) is 24.6. The number of amides is 1. The summed E-state index contributed by atoms with van der Waals surface area (Å²) in [6, 6.07) is 15.7. The number of hydrogen-bond acceptors (Lipinski definition) is 7. The van der Waals surface area contributed by atoms with Crippen molar-refractivity contribution in [2.24, 2.45) is 0 Å². The van der Waals surface area contributed by atoms with Crippen LogP contribution in [0, 0.1) is 34.1 Å². The SMILES string of the molecule is Cc1cc(NC(=O)c2cc([N+](=O)[O-])c(C)c([N+](=O)[O-])c2)ccc1-c1cc2ccccc2oc1=O. The molecule has 34 heavy (non-hydrogen) atoms. The molecule has 3 aromatic carbocycles. The number of nitrogens with one attached hydrogen (secondary N) is 1. The molecule has 0 aliphatic heterocycles. The molecule has 0 saturated heterocycles. The van der Waals surface area contributed by atoms with Crippen molar-refractivity contribution >= 4 is 33.9 Å². The molecule has 0 aliphatic carbocycles. The molecule has 1 aromatic heterocycles. The fourth-order valence-electron chi connectivity index (χ4n) is 3.69. The van der Waals surface area contributed by atoms with Gasteiger partial charge in [0.2, 0.25) is 0 Å². The average Bonchev–Trinajstić information content (AvgIpc) is 2.78. The van der Waals surface area contributed by atoms with Gasteiger partial charge in [-0.2, -0.15) is 0 Å². The molecule has 1 heterocycles. The highest BCUT2D eigenvalue weighted by Crippen LogP contribution is 2.30. The van der Waals surface area contributed by atoms with Gasteiger partial charge in [0, 0.05) is 23.2 Å². The number of rotatable bonds is 5. The number of para-hydroxylation sites is 1. The molecule has 0 spiro atoms. The molecule has 1 N–H and O–H groups in total. The van der Waals surface area contributed by atoms with E-state index in [-0.39, 0.29) is 11.1 Å². The first-order valence-electron chi connectivity index (χ1n) is 10.0. The Morgan fingerprint density at radius 1 is 0.882 bits per heavy atom. The van der Waals surface area contributed by atoms with Crippen LogP contribution in [0.5, 0.6) is 0 Å². The summed E-state index contributed by atoms with van der Waals surface area (Å²) in [7, 11) is 0. The van der Waals surface area contributed by atoms with E-state index in [1.807, 2.05) is 12.1 Å². The first-order chi connectivity index (χ1) is 16.2. The molecule has 1 amide bonds. The number of nitro groups is 2. The molecule has 4 rings (SSSR count). The Bertz CT molecular complexity index is 1520. The Balaban J connectivity index is 1.67. The zero-order valence-electron chi connectivity index (χ0n) is 18.0. The number of carbonyl (C=O) groups is 1. The summed E-state index contributed by atoms with van der Waals surface area (Å²) in [5, 5.41) is 25.9. The highest BCUT2D eigenvalue weighted by Gasteiger charge is 2.25. The minimum absolute atomic E-state index is 0.138. The van der Waals surface area contributed by atoms with Gasteiger partial charge in [-0.15, -0.1) is 0 Å². The van der Waals surface area contributed by atoms with E-state index in [0.29, 0.717) is 28.0 Å². The van der Waals surface area contributed by atoms with Crippen molar-refractivity contribution in [1.82, 2.24) is 0 Å². The summed E-state index contributed by atoms with van der Waals surface area (Å²) in [6.07, 6.45) is 0. The number of aryl methyl sites for hydroxylation is 1. The van der Waals surface area contributed by atoms with Gasteiger partial charge in [-0.25, -0.2) is 4.79 Å². The van der Waals surface area contributed by atoms with Gasteiger partial charge in [0.25, 0.3) is 17.3 Å². The van der Waals surface area contributed by atoms with Gasteiger partial charge >= 0.3 is 5.63 Å². The van der Waals surface area contributed by atoms with Gasteiger partial charge in [-0.1, -0.05) is 24.3 Å². The molecule has 0 unspecified atom stereocenters. The molecule has 0 radical (unpaired) electrons. The molecule has 0 saturated carbocycles. The van der Waals surface area contributed by atoms with Gasteiger partial charge < -0.3 is 9.73 Å². The van der Waals surface area contributed by atoms with Gasteiger partial charge in [0.1, 0.15) is 11.1 Å². The number of anilines is 1. The lowest BCUT2D eigenvalue weighted by Crippen LogP contribution is -2.13. The smallest absolute Gasteiger partial charge is 0.344 e. The molecule has 0 fully saturated rings. The number of carbonyl (C=O) groups excluding carboxylic acids is 1. The summed E-state index contributed by atoms with van der Waals surface area (Å²) in [5.41, 5.74) is 0.558. The van der Waals surface area contributed by atoms with E-state index in [9.17, 15) is 29.8 Å². The van der Waals surface area contributed by atoms with Gasteiger partial charge in [-0.3, -0.25) is 25.0 Å². The lowest BCUT2D eigenvalue weighted by atomic mass is 10.00. The molecule has 4 aromatic rings. The maximum Gasteiger partial charge on any atom is 0.344 e. The minimum Gasteiger partial charge on any atom is -0.422 e. The van der Waals surface area contributed by atoms with Crippen LogP contribution in [-0.2, 0) is 0 Å². The van der Waals surface area contributed by atoms with Gasteiger partial charge in [0.05, 0.1) is 21.0 Å². The minimum atomic E-state index is -0.771. The third kappa shape index (κ3) is 4.11. The number of nitrogens with zero attached hydrogens (tertiary/aromatic N) is 2. The molecule has 0 aliphatic rings. The van der Waals surface area contributed by atoms with E-state index in [1.165, 1.54) is 6.92 Å². The summed E-state index contributed by atoms with van der Waals surface area (Å²) in [5.74, 6) is -0.747. The number of fused-ring (bicyclic) bond motifs is 1. The van der Waals surface area contributed by atoms with Crippen molar-refractivity contribution in [2.45, 2.75) is 13.8 Å². The topological polar surface area (TPSA) is 146 Å².